The standard InChI is InChI=1S/C20H25N5O2S/c1-12(2)20-24-15(11-28-20)5-6-21-19(27)14-7-16-18(22-8-14)23-9-17(26)25(16)10-13-3-4-13/h7-8,11-13H,3-6,9-10H2,1-2H3,(H,21,27)(H,22,23). The van der Waals surface area contributed by atoms with Gasteiger partial charge in [-0.2, -0.15) is 0 Å². The number of carbonyl (C=O) groups excluding carboxylic acids is 2. The fourth-order valence-corrected chi connectivity index (χ4v) is 4.05. The number of carbonyl (C=O) groups is 2. The van der Waals surface area contributed by atoms with E-state index >= 15 is 0 Å². The molecule has 1 aliphatic carbocycles. The van der Waals surface area contributed by atoms with E-state index in [2.05, 4.69) is 39.8 Å². The van der Waals surface area contributed by atoms with Crippen molar-refractivity contribution in [1.29, 1.82) is 0 Å². The number of anilines is 2. The molecular weight excluding hydrogens is 374 g/mol. The lowest BCUT2D eigenvalue weighted by molar-refractivity contribution is -0.117. The number of rotatable bonds is 7. The summed E-state index contributed by atoms with van der Waals surface area (Å²) in [7, 11) is 0. The Hall–Kier alpha value is -2.48. The number of hydrogen-bond acceptors (Lipinski definition) is 6. The van der Waals surface area contributed by atoms with Crippen LogP contribution in [0.1, 0.15) is 53.7 Å². The van der Waals surface area contributed by atoms with Crippen molar-refractivity contribution in [2.45, 2.75) is 39.0 Å². The van der Waals surface area contributed by atoms with Crippen molar-refractivity contribution in [3.8, 4) is 0 Å². The molecule has 3 heterocycles. The van der Waals surface area contributed by atoms with Crippen molar-refractivity contribution in [2.75, 3.05) is 29.9 Å². The minimum Gasteiger partial charge on any atom is -0.359 e. The Morgan fingerprint density at radius 2 is 2.25 bits per heavy atom. The third-order valence-electron chi connectivity index (χ3n) is 5.00. The first kappa shape index (κ1) is 18.9. The zero-order valence-corrected chi connectivity index (χ0v) is 17.0. The number of aromatic nitrogens is 2. The highest BCUT2D eigenvalue weighted by molar-refractivity contribution is 7.09. The van der Waals surface area contributed by atoms with Crippen molar-refractivity contribution < 1.29 is 9.59 Å². The second-order valence-electron chi connectivity index (χ2n) is 7.73. The molecule has 1 saturated carbocycles. The molecular formula is C20H25N5O2S. The average Bonchev–Trinajstić information content (AvgIpc) is 3.38. The second kappa shape index (κ2) is 7.87. The molecule has 2 aromatic rings. The van der Waals surface area contributed by atoms with Crippen LogP contribution in [0, 0.1) is 5.92 Å². The van der Waals surface area contributed by atoms with Crippen molar-refractivity contribution in [3.05, 3.63) is 33.9 Å². The van der Waals surface area contributed by atoms with Crippen LogP contribution in [0.3, 0.4) is 0 Å². The Morgan fingerprint density at radius 1 is 1.43 bits per heavy atom. The van der Waals surface area contributed by atoms with E-state index in [0.29, 0.717) is 48.4 Å². The first-order valence-corrected chi connectivity index (χ1v) is 10.7. The van der Waals surface area contributed by atoms with Gasteiger partial charge in [0, 0.05) is 37.0 Å². The summed E-state index contributed by atoms with van der Waals surface area (Å²) < 4.78 is 0. The Bertz CT molecular complexity index is 890. The van der Waals surface area contributed by atoms with Gasteiger partial charge in [0.25, 0.3) is 5.91 Å². The highest BCUT2D eigenvalue weighted by Gasteiger charge is 2.32. The third-order valence-corrected chi connectivity index (χ3v) is 6.19. The number of nitrogens with zero attached hydrogens (tertiary/aromatic N) is 3. The summed E-state index contributed by atoms with van der Waals surface area (Å²) in [5.41, 5.74) is 2.18. The van der Waals surface area contributed by atoms with E-state index in [1.165, 1.54) is 0 Å². The molecule has 0 atom stereocenters. The molecule has 0 bridgehead atoms. The van der Waals surface area contributed by atoms with Gasteiger partial charge in [0.15, 0.2) is 0 Å². The smallest absolute Gasteiger partial charge is 0.252 e. The highest BCUT2D eigenvalue weighted by atomic mass is 32.1. The number of pyridine rings is 1. The molecule has 0 saturated heterocycles. The van der Waals surface area contributed by atoms with Crippen LogP contribution in [0.2, 0.25) is 0 Å². The highest BCUT2D eigenvalue weighted by Crippen LogP contribution is 2.35. The molecule has 2 aromatic heterocycles. The zero-order chi connectivity index (χ0) is 19.7. The lowest BCUT2D eigenvalue weighted by Gasteiger charge is -2.29. The molecule has 0 spiro atoms. The Kier molecular flexibility index (Phi) is 5.30. The maximum atomic E-state index is 12.6. The summed E-state index contributed by atoms with van der Waals surface area (Å²) in [6.45, 7) is 5.73. The summed E-state index contributed by atoms with van der Waals surface area (Å²) in [4.78, 5) is 35.6. The van der Waals surface area contributed by atoms with Gasteiger partial charge >= 0.3 is 0 Å². The molecule has 2 amide bonds. The molecule has 1 aliphatic heterocycles. The quantitative estimate of drug-likeness (QED) is 0.748. The maximum absolute atomic E-state index is 12.6. The largest absolute Gasteiger partial charge is 0.359 e. The van der Waals surface area contributed by atoms with Crippen molar-refractivity contribution in [3.63, 3.8) is 0 Å². The normalized spacial score (nSPS) is 16.1. The van der Waals surface area contributed by atoms with E-state index in [1.807, 2.05) is 0 Å². The van der Waals surface area contributed by atoms with E-state index in [-0.39, 0.29) is 18.4 Å². The number of nitrogens with one attached hydrogen (secondary N) is 2. The van der Waals surface area contributed by atoms with Gasteiger partial charge in [0.1, 0.15) is 5.82 Å². The van der Waals surface area contributed by atoms with Crippen LogP contribution < -0.4 is 15.5 Å². The molecule has 28 heavy (non-hydrogen) atoms. The van der Waals surface area contributed by atoms with Gasteiger partial charge in [-0.1, -0.05) is 13.8 Å². The number of thiazole rings is 1. The third kappa shape index (κ3) is 4.16. The second-order valence-corrected chi connectivity index (χ2v) is 8.62. The van der Waals surface area contributed by atoms with Gasteiger partial charge < -0.3 is 15.5 Å². The van der Waals surface area contributed by atoms with Crippen LogP contribution in [0.25, 0.3) is 0 Å². The Balaban J connectivity index is 1.40. The van der Waals surface area contributed by atoms with Gasteiger partial charge in [0.2, 0.25) is 5.91 Å². The van der Waals surface area contributed by atoms with Gasteiger partial charge in [-0.3, -0.25) is 9.59 Å². The van der Waals surface area contributed by atoms with Crippen molar-refractivity contribution >= 4 is 34.7 Å². The molecule has 2 aliphatic rings. The van der Waals surface area contributed by atoms with E-state index in [4.69, 9.17) is 0 Å². The Morgan fingerprint density at radius 3 is 2.96 bits per heavy atom. The minimum atomic E-state index is -0.181. The van der Waals surface area contributed by atoms with E-state index in [1.54, 1.807) is 28.5 Å². The van der Waals surface area contributed by atoms with E-state index in [0.717, 1.165) is 23.5 Å². The lowest BCUT2D eigenvalue weighted by atomic mass is 10.1. The molecule has 0 aromatic carbocycles. The van der Waals surface area contributed by atoms with Crippen LogP contribution in [0.5, 0.6) is 0 Å². The molecule has 8 heteroatoms. The van der Waals surface area contributed by atoms with Crippen LogP contribution in [-0.4, -0.2) is 41.4 Å². The van der Waals surface area contributed by atoms with Crippen LogP contribution >= 0.6 is 11.3 Å². The molecule has 1 fully saturated rings. The number of hydrogen-bond donors (Lipinski definition) is 2. The monoisotopic (exact) mass is 399 g/mol. The molecule has 4 rings (SSSR count). The van der Waals surface area contributed by atoms with Crippen LogP contribution in [0.15, 0.2) is 17.6 Å². The Labute approximate surface area is 168 Å². The first-order valence-electron chi connectivity index (χ1n) is 9.78. The zero-order valence-electron chi connectivity index (χ0n) is 16.2. The summed E-state index contributed by atoms with van der Waals surface area (Å²) in [5, 5.41) is 9.14. The number of fused-ring (bicyclic) bond motifs is 1. The predicted octanol–water partition coefficient (Wildman–Crippen LogP) is 2.80. The van der Waals surface area contributed by atoms with Gasteiger partial charge in [0.05, 0.1) is 28.5 Å². The van der Waals surface area contributed by atoms with Crippen LogP contribution in [-0.2, 0) is 11.2 Å². The SMILES string of the molecule is CC(C)c1nc(CCNC(=O)c2cnc3c(c2)N(CC2CC2)C(=O)CN3)cs1. The molecule has 0 radical (unpaired) electrons. The fourth-order valence-electron chi connectivity index (χ4n) is 3.18. The van der Waals surface area contributed by atoms with E-state index < -0.39 is 0 Å². The minimum absolute atomic E-state index is 0.0308. The summed E-state index contributed by atoms with van der Waals surface area (Å²) >= 11 is 1.66. The maximum Gasteiger partial charge on any atom is 0.252 e. The first-order chi connectivity index (χ1) is 13.5. The number of amides is 2. The molecule has 0 unspecified atom stereocenters. The molecule has 148 valence electrons. The van der Waals surface area contributed by atoms with Crippen LogP contribution in [0.4, 0.5) is 11.5 Å². The summed E-state index contributed by atoms with van der Waals surface area (Å²) in [5.74, 6) is 1.51. The molecule has 2 N–H and O–H groups in total. The van der Waals surface area contributed by atoms with Crippen molar-refractivity contribution in [2.24, 2.45) is 5.92 Å². The molecule has 7 nitrogen and oxygen atoms in total. The van der Waals surface area contributed by atoms with Gasteiger partial charge in [-0.15, -0.1) is 11.3 Å². The summed E-state index contributed by atoms with van der Waals surface area (Å²) in [6.07, 6.45) is 4.58. The fraction of sp³-hybridized carbons (Fsp3) is 0.500. The summed E-state index contributed by atoms with van der Waals surface area (Å²) in [6, 6.07) is 1.77. The van der Waals surface area contributed by atoms with Crippen molar-refractivity contribution in [1.82, 2.24) is 15.3 Å². The van der Waals surface area contributed by atoms with E-state index in [9.17, 15) is 9.59 Å². The van der Waals surface area contributed by atoms with Gasteiger partial charge in [-0.25, -0.2) is 9.97 Å². The predicted molar refractivity (Wildman–Crippen MR) is 110 cm³/mol. The lowest BCUT2D eigenvalue weighted by Crippen LogP contribution is -2.41. The average molecular weight is 400 g/mol. The van der Waals surface area contributed by atoms with Gasteiger partial charge in [-0.05, 0) is 24.8 Å². The topological polar surface area (TPSA) is 87.2 Å².